The predicted octanol–water partition coefficient (Wildman–Crippen LogP) is 1.74. The van der Waals surface area contributed by atoms with Crippen LogP contribution in [0.3, 0.4) is 0 Å². The van der Waals surface area contributed by atoms with Crippen LogP contribution in [0.4, 0.5) is 0 Å². The quantitative estimate of drug-likeness (QED) is 0.372. The molecular formula is C5H4ClNO2. The number of furan rings is 1. The van der Waals surface area contributed by atoms with Crippen molar-refractivity contribution in [3.05, 3.63) is 23.1 Å². The zero-order chi connectivity index (χ0) is 6.69. The summed E-state index contributed by atoms with van der Waals surface area (Å²) in [6.07, 6.45) is 2.52. The number of rotatable bonds is 1. The molecule has 0 aliphatic heterocycles. The highest BCUT2D eigenvalue weighted by molar-refractivity contribution is 6.30. The van der Waals surface area contributed by atoms with Crippen LogP contribution in [0.2, 0.25) is 5.02 Å². The Morgan fingerprint density at radius 3 is 3.00 bits per heavy atom. The summed E-state index contributed by atoms with van der Waals surface area (Å²) in [4.78, 5) is 0. The monoisotopic (exact) mass is 145 g/mol. The summed E-state index contributed by atoms with van der Waals surface area (Å²) in [6, 6.07) is 1.54. The first kappa shape index (κ1) is 6.16. The third kappa shape index (κ3) is 1.47. The second-order valence-electron chi connectivity index (χ2n) is 1.41. The predicted molar refractivity (Wildman–Crippen MR) is 33.1 cm³/mol. The van der Waals surface area contributed by atoms with Gasteiger partial charge in [0.1, 0.15) is 18.2 Å². The first-order valence-electron chi connectivity index (χ1n) is 2.24. The summed E-state index contributed by atoms with van der Waals surface area (Å²) in [5, 5.41) is 11.2. The Hall–Kier alpha value is -0.960. The molecule has 1 heterocycles. The van der Waals surface area contributed by atoms with Crippen molar-refractivity contribution in [2.75, 3.05) is 0 Å². The van der Waals surface area contributed by atoms with Gasteiger partial charge in [-0.3, -0.25) is 0 Å². The first-order chi connectivity index (χ1) is 4.33. The van der Waals surface area contributed by atoms with Gasteiger partial charge in [0, 0.05) is 6.07 Å². The van der Waals surface area contributed by atoms with Crippen LogP contribution in [0.15, 0.2) is 21.9 Å². The molecule has 0 aromatic carbocycles. The Labute approximate surface area is 56.5 Å². The summed E-state index contributed by atoms with van der Waals surface area (Å²) < 4.78 is 4.76. The molecule has 1 aromatic rings. The number of nitrogens with zero attached hydrogens (tertiary/aromatic N) is 1. The Kier molecular flexibility index (Phi) is 1.75. The van der Waals surface area contributed by atoms with E-state index in [9.17, 15) is 0 Å². The summed E-state index contributed by atoms with van der Waals surface area (Å²) in [7, 11) is 0. The summed E-state index contributed by atoms with van der Waals surface area (Å²) in [6.45, 7) is 0. The lowest BCUT2D eigenvalue weighted by molar-refractivity contribution is 0.320. The Balaban J connectivity index is 2.85. The average Bonchev–Trinajstić information content (AvgIpc) is 2.17. The van der Waals surface area contributed by atoms with Gasteiger partial charge in [0.15, 0.2) is 0 Å². The molecule has 0 aliphatic rings. The molecule has 9 heavy (non-hydrogen) atoms. The van der Waals surface area contributed by atoms with Gasteiger partial charge in [-0.15, -0.1) is 0 Å². The zero-order valence-electron chi connectivity index (χ0n) is 4.41. The largest absolute Gasteiger partial charge is 0.462 e. The lowest BCUT2D eigenvalue weighted by atomic mass is 10.5. The highest BCUT2D eigenvalue weighted by Gasteiger charge is 1.93. The molecular weight excluding hydrogens is 142 g/mol. The van der Waals surface area contributed by atoms with Crippen molar-refractivity contribution in [1.29, 1.82) is 0 Å². The van der Waals surface area contributed by atoms with Crippen LogP contribution in [0, 0.1) is 0 Å². The SMILES string of the molecule is O/N=C\c1cc(Cl)co1. The van der Waals surface area contributed by atoms with Gasteiger partial charge in [0.25, 0.3) is 0 Å². The van der Waals surface area contributed by atoms with Crippen molar-refractivity contribution >= 4 is 17.8 Å². The Morgan fingerprint density at radius 1 is 1.78 bits per heavy atom. The van der Waals surface area contributed by atoms with E-state index in [2.05, 4.69) is 5.16 Å². The van der Waals surface area contributed by atoms with Gasteiger partial charge in [-0.1, -0.05) is 16.8 Å². The zero-order valence-corrected chi connectivity index (χ0v) is 5.17. The number of halogens is 1. The molecule has 0 amide bonds. The fourth-order valence-corrected chi connectivity index (χ4v) is 0.605. The van der Waals surface area contributed by atoms with E-state index < -0.39 is 0 Å². The van der Waals surface area contributed by atoms with Crippen LogP contribution in [0.5, 0.6) is 0 Å². The van der Waals surface area contributed by atoms with E-state index >= 15 is 0 Å². The molecule has 0 radical (unpaired) electrons. The molecule has 1 rings (SSSR count). The van der Waals surface area contributed by atoms with Gasteiger partial charge >= 0.3 is 0 Å². The molecule has 3 nitrogen and oxygen atoms in total. The van der Waals surface area contributed by atoms with Gasteiger partial charge in [0.05, 0.1) is 5.02 Å². The van der Waals surface area contributed by atoms with Crippen molar-refractivity contribution in [1.82, 2.24) is 0 Å². The maximum absolute atomic E-state index is 8.00. The molecule has 48 valence electrons. The van der Waals surface area contributed by atoms with E-state index in [0.29, 0.717) is 10.8 Å². The van der Waals surface area contributed by atoms with Crippen LogP contribution in [0.25, 0.3) is 0 Å². The normalized spacial score (nSPS) is 10.8. The lowest BCUT2D eigenvalue weighted by Crippen LogP contribution is -1.70. The van der Waals surface area contributed by atoms with Gasteiger partial charge < -0.3 is 9.62 Å². The minimum absolute atomic E-state index is 0.433. The molecule has 0 atom stereocenters. The third-order valence-electron chi connectivity index (χ3n) is 0.773. The lowest BCUT2D eigenvalue weighted by Gasteiger charge is -1.74. The topological polar surface area (TPSA) is 45.7 Å². The maximum atomic E-state index is 8.00. The average molecular weight is 146 g/mol. The minimum Gasteiger partial charge on any atom is -0.462 e. The highest BCUT2D eigenvalue weighted by Crippen LogP contribution is 2.10. The molecule has 0 fully saturated rings. The number of hydrogen-bond acceptors (Lipinski definition) is 3. The second-order valence-corrected chi connectivity index (χ2v) is 1.85. The van der Waals surface area contributed by atoms with Crippen LogP contribution in [-0.2, 0) is 0 Å². The molecule has 0 saturated heterocycles. The Morgan fingerprint density at radius 2 is 2.56 bits per heavy atom. The summed E-state index contributed by atoms with van der Waals surface area (Å²) in [5.41, 5.74) is 0. The van der Waals surface area contributed by atoms with Crippen LogP contribution in [-0.4, -0.2) is 11.4 Å². The second kappa shape index (κ2) is 2.55. The molecule has 0 spiro atoms. The number of oxime groups is 1. The maximum Gasteiger partial charge on any atom is 0.149 e. The van der Waals surface area contributed by atoms with Gasteiger partial charge in [-0.25, -0.2) is 0 Å². The molecule has 1 aromatic heterocycles. The van der Waals surface area contributed by atoms with Crippen molar-refractivity contribution in [2.45, 2.75) is 0 Å². The summed E-state index contributed by atoms with van der Waals surface area (Å²) >= 11 is 5.46. The standard InChI is InChI=1S/C5H4ClNO2/c6-4-1-5(2-7-8)9-3-4/h1-3,8H/b7-2-. The van der Waals surface area contributed by atoms with Gasteiger partial charge in [0.2, 0.25) is 0 Å². The van der Waals surface area contributed by atoms with E-state index in [4.69, 9.17) is 21.2 Å². The fourth-order valence-electron chi connectivity index (χ4n) is 0.453. The van der Waals surface area contributed by atoms with Crippen LogP contribution < -0.4 is 0 Å². The molecule has 0 aliphatic carbocycles. The smallest absolute Gasteiger partial charge is 0.149 e. The van der Waals surface area contributed by atoms with Crippen molar-refractivity contribution < 1.29 is 9.62 Å². The number of hydrogen-bond donors (Lipinski definition) is 1. The van der Waals surface area contributed by atoms with E-state index in [1.165, 1.54) is 6.26 Å². The van der Waals surface area contributed by atoms with Gasteiger partial charge in [-0.2, -0.15) is 0 Å². The van der Waals surface area contributed by atoms with Crippen molar-refractivity contribution in [2.24, 2.45) is 5.16 Å². The van der Waals surface area contributed by atoms with Gasteiger partial charge in [-0.05, 0) is 0 Å². The fraction of sp³-hybridized carbons (Fsp3) is 0. The van der Waals surface area contributed by atoms with Crippen molar-refractivity contribution in [3.63, 3.8) is 0 Å². The summed E-state index contributed by atoms with van der Waals surface area (Å²) in [5.74, 6) is 0.433. The molecule has 0 unspecified atom stereocenters. The van der Waals surface area contributed by atoms with E-state index in [0.717, 1.165) is 6.21 Å². The van der Waals surface area contributed by atoms with Crippen molar-refractivity contribution in [3.8, 4) is 0 Å². The molecule has 1 N–H and O–H groups in total. The van der Waals surface area contributed by atoms with E-state index in [1.807, 2.05) is 0 Å². The Bertz CT molecular complexity index is 218. The van der Waals surface area contributed by atoms with Crippen LogP contribution >= 0.6 is 11.6 Å². The first-order valence-corrected chi connectivity index (χ1v) is 2.62. The van der Waals surface area contributed by atoms with Crippen LogP contribution in [0.1, 0.15) is 5.76 Å². The van der Waals surface area contributed by atoms with E-state index in [-0.39, 0.29) is 0 Å². The molecule has 4 heteroatoms. The third-order valence-corrected chi connectivity index (χ3v) is 0.971. The molecule has 0 saturated carbocycles. The minimum atomic E-state index is 0.433. The van der Waals surface area contributed by atoms with E-state index in [1.54, 1.807) is 6.07 Å². The molecule has 0 bridgehead atoms. The highest BCUT2D eigenvalue weighted by atomic mass is 35.5.